The number of nitrogens with zero attached hydrogens (tertiary/aromatic N) is 2. The average Bonchev–Trinajstić information content (AvgIpc) is 3.26. The Morgan fingerprint density at radius 3 is 2.29 bits per heavy atom. The minimum Gasteiger partial charge on any atom is -0.260 e. The van der Waals surface area contributed by atoms with E-state index >= 15 is 0 Å². The molecule has 3 aromatic rings. The third kappa shape index (κ3) is 3.12. The quantitative estimate of drug-likeness (QED) is 0.693. The van der Waals surface area contributed by atoms with Crippen molar-refractivity contribution >= 4 is 0 Å². The first-order valence-electron chi connectivity index (χ1n) is 7.89. The van der Waals surface area contributed by atoms with Crippen LogP contribution in [0.5, 0.6) is 0 Å². The van der Waals surface area contributed by atoms with Crippen LogP contribution in [-0.2, 0) is 6.54 Å². The normalized spacial score (nSPS) is 15.0. The summed E-state index contributed by atoms with van der Waals surface area (Å²) in [7, 11) is 0. The first-order chi connectivity index (χ1) is 11.8. The van der Waals surface area contributed by atoms with E-state index in [-0.39, 0.29) is 5.82 Å². The van der Waals surface area contributed by atoms with E-state index in [4.69, 9.17) is 5.10 Å². The molecule has 4 rings (SSSR count). The molecule has 1 saturated carbocycles. The van der Waals surface area contributed by atoms with Crippen LogP contribution in [-0.4, -0.2) is 9.78 Å². The Bertz CT molecular complexity index is 800. The van der Waals surface area contributed by atoms with Gasteiger partial charge in [0.05, 0.1) is 17.9 Å². The van der Waals surface area contributed by atoms with Crippen LogP contribution >= 0.6 is 0 Å². The van der Waals surface area contributed by atoms with E-state index in [0.717, 1.165) is 22.9 Å². The maximum Gasteiger partial charge on any atom is 0.123 e. The van der Waals surface area contributed by atoms with Crippen molar-refractivity contribution in [3.05, 3.63) is 109 Å². The first kappa shape index (κ1) is 15.1. The van der Waals surface area contributed by atoms with E-state index in [1.165, 1.54) is 17.7 Å². The van der Waals surface area contributed by atoms with Gasteiger partial charge in [0, 0.05) is 11.5 Å². The van der Waals surface area contributed by atoms with Gasteiger partial charge in [-0.2, -0.15) is 5.10 Å². The lowest BCUT2D eigenvalue weighted by Gasteiger charge is -2.08. The minimum absolute atomic E-state index is 0.232. The predicted molar refractivity (Wildman–Crippen MR) is 92.7 cm³/mol. The molecule has 1 heterocycles. The standard InChI is InChI=1S/C21H16FN2/c22-19-12-10-18(11-13-19)21-14-20(17-8-4-5-9-17)23-24(21)15-16-6-2-1-3-7-16/h1-14H,15H2. The van der Waals surface area contributed by atoms with Crippen molar-refractivity contribution in [2.75, 3.05) is 0 Å². The molecule has 0 saturated heterocycles. The number of halogens is 1. The highest BCUT2D eigenvalue weighted by Gasteiger charge is 2.23. The molecule has 5 radical (unpaired) electrons. The monoisotopic (exact) mass is 315 g/mol. The molecule has 0 bridgehead atoms. The zero-order valence-electron chi connectivity index (χ0n) is 13.1. The number of hydrogen-bond donors (Lipinski definition) is 0. The highest BCUT2D eigenvalue weighted by Crippen LogP contribution is 2.32. The second-order valence-corrected chi connectivity index (χ2v) is 5.74. The lowest BCUT2D eigenvalue weighted by molar-refractivity contribution is 0.627. The van der Waals surface area contributed by atoms with Crippen LogP contribution in [0.4, 0.5) is 4.39 Å². The molecule has 0 spiro atoms. The second-order valence-electron chi connectivity index (χ2n) is 5.74. The highest BCUT2D eigenvalue weighted by molar-refractivity contribution is 5.62. The van der Waals surface area contributed by atoms with Crippen LogP contribution in [0.1, 0.15) is 11.3 Å². The number of hydrogen-bond acceptors (Lipinski definition) is 1. The molecule has 1 aliphatic carbocycles. The number of aromatic nitrogens is 2. The molecule has 1 aromatic heterocycles. The molecule has 117 valence electrons. The van der Waals surface area contributed by atoms with Gasteiger partial charge in [0.25, 0.3) is 0 Å². The van der Waals surface area contributed by atoms with Gasteiger partial charge >= 0.3 is 0 Å². The summed E-state index contributed by atoms with van der Waals surface area (Å²) in [6, 6.07) is 18.8. The topological polar surface area (TPSA) is 17.8 Å². The summed E-state index contributed by atoms with van der Waals surface area (Å²) < 4.78 is 15.2. The molecule has 0 amide bonds. The van der Waals surface area contributed by atoms with Gasteiger partial charge < -0.3 is 0 Å². The van der Waals surface area contributed by atoms with Crippen LogP contribution in [0.25, 0.3) is 11.3 Å². The van der Waals surface area contributed by atoms with E-state index < -0.39 is 0 Å². The molecule has 2 nitrogen and oxygen atoms in total. The molecule has 0 atom stereocenters. The van der Waals surface area contributed by atoms with Crippen molar-refractivity contribution in [3.8, 4) is 11.3 Å². The Morgan fingerprint density at radius 2 is 1.58 bits per heavy atom. The van der Waals surface area contributed by atoms with Gasteiger partial charge in [0.2, 0.25) is 0 Å². The van der Waals surface area contributed by atoms with Crippen molar-refractivity contribution in [1.82, 2.24) is 9.78 Å². The van der Waals surface area contributed by atoms with E-state index in [1.807, 2.05) is 48.6 Å². The molecule has 2 aromatic carbocycles. The van der Waals surface area contributed by atoms with Crippen LogP contribution in [0, 0.1) is 37.4 Å². The molecule has 1 fully saturated rings. The van der Waals surface area contributed by atoms with Gasteiger partial charge in [-0.3, -0.25) is 4.68 Å². The molecule has 24 heavy (non-hydrogen) atoms. The van der Waals surface area contributed by atoms with E-state index in [2.05, 4.69) is 18.2 Å². The van der Waals surface area contributed by atoms with E-state index in [9.17, 15) is 4.39 Å². The van der Waals surface area contributed by atoms with Gasteiger partial charge in [0.1, 0.15) is 5.82 Å². The summed E-state index contributed by atoms with van der Waals surface area (Å²) in [4.78, 5) is 0. The van der Waals surface area contributed by atoms with Crippen molar-refractivity contribution in [2.24, 2.45) is 0 Å². The van der Waals surface area contributed by atoms with Gasteiger partial charge in [-0.25, -0.2) is 4.39 Å². The third-order valence-corrected chi connectivity index (χ3v) is 4.05. The van der Waals surface area contributed by atoms with Crippen molar-refractivity contribution < 1.29 is 4.39 Å². The predicted octanol–water partition coefficient (Wildman–Crippen LogP) is 4.49. The maximum absolute atomic E-state index is 13.3. The first-order valence-corrected chi connectivity index (χ1v) is 7.89. The Kier molecular flexibility index (Phi) is 4.16. The third-order valence-electron chi connectivity index (χ3n) is 4.05. The summed E-state index contributed by atoms with van der Waals surface area (Å²) in [6.07, 6.45) is 8.10. The van der Waals surface area contributed by atoms with Crippen molar-refractivity contribution in [2.45, 2.75) is 6.54 Å². The smallest absolute Gasteiger partial charge is 0.123 e. The van der Waals surface area contributed by atoms with Gasteiger partial charge in [-0.05, 0) is 61.6 Å². The van der Waals surface area contributed by atoms with Gasteiger partial charge in [-0.15, -0.1) is 0 Å². The van der Waals surface area contributed by atoms with Crippen LogP contribution < -0.4 is 0 Å². The fraction of sp³-hybridized carbons (Fsp3) is 0.0476. The summed E-state index contributed by atoms with van der Waals surface area (Å²) >= 11 is 0. The Hall–Kier alpha value is -2.42. The molecule has 0 N–H and O–H groups in total. The Morgan fingerprint density at radius 1 is 0.875 bits per heavy atom. The molecule has 0 aliphatic heterocycles. The maximum atomic E-state index is 13.3. The second kappa shape index (κ2) is 6.60. The molecule has 1 aliphatic rings. The SMILES string of the molecule is Fc1ccc(-c2cc([C]3[CH][CH][CH][CH]3)nn2Cc2ccccc2)cc1. The lowest BCUT2D eigenvalue weighted by atomic mass is 10.0. The summed E-state index contributed by atoms with van der Waals surface area (Å²) in [5, 5.41) is 4.77. The Balaban J connectivity index is 1.73. The van der Waals surface area contributed by atoms with Crippen LogP contribution in [0.15, 0.2) is 60.7 Å². The molecular formula is C21H16FN2. The fourth-order valence-corrected chi connectivity index (χ4v) is 2.83. The van der Waals surface area contributed by atoms with E-state index in [1.54, 1.807) is 12.1 Å². The van der Waals surface area contributed by atoms with Gasteiger partial charge in [0.15, 0.2) is 0 Å². The van der Waals surface area contributed by atoms with Gasteiger partial charge in [-0.1, -0.05) is 30.3 Å². The highest BCUT2D eigenvalue weighted by atomic mass is 19.1. The minimum atomic E-state index is -0.232. The zero-order chi connectivity index (χ0) is 16.4. The molecule has 0 unspecified atom stereocenters. The number of rotatable bonds is 4. The van der Waals surface area contributed by atoms with Crippen LogP contribution in [0.3, 0.4) is 0 Å². The van der Waals surface area contributed by atoms with Crippen molar-refractivity contribution in [1.29, 1.82) is 0 Å². The zero-order valence-corrected chi connectivity index (χ0v) is 13.1. The molecule has 3 heteroatoms. The summed E-state index contributed by atoms with van der Waals surface area (Å²) in [6.45, 7) is 0.675. The average molecular weight is 315 g/mol. The summed E-state index contributed by atoms with van der Waals surface area (Å²) in [5.74, 6) is 0.856. The fourth-order valence-electron chi connectivity index (χ4n) is 2.83. The van der Waals surface area contributed by atoms with Crippen molar-refractivity contribution in [3.63, 3.8) is 0 Å². The van der Waals surface area contributed by atoms with Crippen LogP contribution in [0.2, 0.25) is 0 Å². The van der Waals surface area contributed by atoms with E-state index in [0.29, 0.717) is 6.54 Å². The summed E-state index contributed by atoms with van der Waals surface area (Å²) in [5.41, 5.74) is 4.04. The Labute approximate surface area is 142 Å². The lowest BCUT2D eigenvalue weighted by Crippen LogP contribution is -2.05. The number of benzene rings is 2. The largest absolute Gasteiger partial charge is 0.260 e. The molecular weight excluding hydrogens is 299 g/mol.